The van der Waals surface area contributed by atoms with Crippen LogP contribution in [-0.2, 0) is 27.3 Å². The molecule has 0 aliphatic carbocycles. The number of methoxy groups -OCH3 is 1. The van der Waals surface area contributed by atoms with Crippen LogP contribution in [0.5, 0.6) is 0 Å². The molecule has 43 heavy (non-hydrogen) atoms. The number of benzene rings is 2. The van der Waals surface area contributed by atoms with E-state index in [0.29, 0.717) is 29.3 Å². The van der Waals surface area contributed by atoms with Crippen molar-refractivity contribution in [3.63, 3.8) is 0 Å². The van der Waals surface area contributed by atoms with Crippen LogP contribution in [0.1, 0.15) is 49.6 Å². The summed E-state index contributed by atoms with van der Waals surface area (Å²) in [4.78, 5) is 27.3. The molecule has 0 radical (unpaired) electrons. The van der Waals surface area contributed by atoms with Crippen molar-refractivity contribution in [2.24, 2.45) is 0 Å². The molecule has 8 nitrogen and oxygen atoms in total. The number of nitrogens with one attached hydrogen (secondary N) is 2. The Morgan fingerprint density at radius 2 is 1.56 bits per heavy atom. The van der Waals surface area contributed by atoms with Crippen LogP contribution in [-0.4, -0.2) is 53.4 Å². The number of urea groups is 1. The van der Waals surface area contributed by atoms with Gasteiger partial charge in [-0.3, -0.25) is 4.79 Å². The SMILES string of the molecule is COCCCN(CC(=O)Nc1cc(C(C)(C)C)nn1-c1cccc(C)c1)C(=O)Nc1cc(C(F)(F)F)cc(C(F)(F)F)c1. The lowest BCUT2D eigenvalue weighted by Gasteiger charge is -2.23. The third-order valence-corrected chi connectivity index (χ3v) is 6.23. The Balaban J connectivity index is 1.88. The Morgan fingerprint density at radius 3 is 2.09 bits per heavy atom. The van der Waals surface area contributed by atoms with Gasteiger partial charge in [-0.25, -0.2) is 9.48 Å². The zero-order valence-corrected chi connectivity index (χ0v) is 24.3. The molecule has 0 spiro atoms. The van der Waals surface area contributed by atoms with Crippen LogP contribution >= 0.6 is 0 Å². The zero-order valence-electron chi connectivity index (χ0n) is 24.3. The molecule has 0 atom stereocenters. The molecule has 3 rings (SSSR count). The second kappa shape index (κ2) is 13.1. The monoisotopic (exact) mass is 613 g/mol. The molecule has 0 bridgehead atoms. The maximum Gasteiger partial charge on any atom is 0.416 e. The lowest BCUT2D eigenvalue weighted by molar-refractivity contribution is -0.143. The Morgan fingerprint density at radius 1 is 0.930 bits per heavy atom. The van der Waals surface area contributed by atoms with E-state index in [0.717, 1.165) is 10.5 Å². The van der Waals surface area contributed by atoms with Gasteiger partial charge in [-0.2, -0.15) is 31.4 Å². The van der Waals surface area contributed by atoms with Gasteiger partial charge in [-0.05, 0) is 49.2 Å². The van der Waals surface area contributed by atoms with Gasteiger partial charge in [-0.1, -0.05) is 32.9 Å². The highest BCUT2D eigenvalue weighted by Crippen LogP contribution is 2.37. The van der Waals surface area contributed by atoms with Crippen molar-refractivity contribution in [3.8, 4) is 5.69 Å². The largest absolute Gasteiger partial charge is 0.416 e. The Kier molecular flexibility index (Phi) is 10.2. The molecule has 1 aromatic heterocycles. The van der Waals surface area contributed by atoms with Crippen LogP contribution in [0, 0.1) is 6.92 Å². The average molecular weight is 614 g/mol. The number of halogens is 6. The summed E-state index contributed by atoms with van der Waals surface area (Å²) in [6.45, 7) is 7.27. The fourth-order valence-electron chi connectivity index (χ4n) is 4.03. The molecule has 2 N–H and O–H groups in total. The van der Waals surface area contributed by atoms with Crippen molar-refractivity contribution < 1.29 is 40.7 Å². The number of hydrogen-bond acceptors (Lipinski definition) is 4. The summed E-state index contributed by atoms with van der Waals surface area (Å²) >= 11 is 0. The van der Waals surface area contributed by atoms with Gasteiger partial charge in [0.05, 0.1) is 22.5 Å². The number of rotatable bonds is 9. The van der Waals surface area contributed by atoms with Crippen molar-refractivity contribution in [2.75, 3.05) is 37.4 Å². The summed E-state index contributed by atoms with van der Waals surface area (Å²) < 4.78 is 86.4. The van der Waals surface area contributed by atoms with Crippen molar-refractivity contribution in [3.05, 3.63) is 70.9 Å². The Labute approximate surface area is 245 Å². The highest BCUT2D eigenvalue weighted by Gasteiger charge is 2.37. The van der Waals surface area contributed by atoms with Gasteiger partial charge < -0.3 is 20.3 Å². The fraction of sp³-hybridized carbons (Fsp3) is 0.414. The zero-order chi connectivity index (χ0) is 32.2. The summed E-state index contributed by atoms with van der Waals surface area (Å²) in [7, 11) is 1.41. The smallest absolute Gasteiger partial charge is 0.385 e. The molecule has 0 aliphatic rings. The first-order valence-electron chi connectivity index (χ1n) is 13.2. The summed E-state index contributed by atoms with van der Waals surface area (Å²) in [6.07, 6.45) is -9.95. The molecule has 0 aliphatic heterocycles. The predicted molar refractivity (Wildman–Crippen MR) is 149 cm³/mol. The molecule has 2 aromatic carbocycles. The highest BCUT2D eigenvalue weighted by molar-refractivity contribution is 5.97. The first-order chi connectivity index (χ1) is 19.9. The predicted octanol–water partition coefficient (Wildman–Crippen LogP) is 7.02. The van der Waals surface area contributed by atoms with E-state index in [1.165, 1.54) is 7.11 Å². The molecule has 234 valence electrons. The number of ether oxygens (including phenoxy) is 1. The maximum absolute atomic E-state index is 13.3. The Hall–Kier alpha value is -4.07. The van der Waals surface area contributed by atoms with Crippen molar-refractivity contribution >= 4 is 23.4 Å². The van der Waals surface area contributed by atoms with Crippen LogP contribution in [0.15, 0.2) is 48.5 Å². The van der Waals surface area contributed by atoms with E-state index < -0.39 is 47.6 Å². The number of hydrogen-bond donors (Lipinski definition) is 2. The molecule has 3 aromatic rings. The molecule has 3 amide bonds. The van der Waals surface area contributed by atoms with Crippen LogP contribution in [0.4, 0.5) is 42.6 Å². The summed E-state index contributed by atoms with van der Waals surface area (Å²) in [5, 5.41) is 9.45. The lowest BCUT2D eigenvalue weighted by Crippen LogP contribution is -2.41. The molecule has 0 unspecified atom stereocenters. The Bertz CT molecular complexity index is 1410. The second-order valence-corrected chi connectivity index (χ2v) is 11.0. The van der Waals surface area contributed by atoms with Crippen LogP contribution in [0.2, 0.25) is 0 Å². The van der Waals surface area contributed by atoms with Gasteiger partial charge in [0.25, 0.3) is 0 Å². The van der Waals surface area contributed by atoms with E-state index >= 15 is 0 Å². The maximum atomic E-state index is 13.3. The molecular formula is C29H33F6N5O3. The van der Waals surface area contributed by atoms with E-state index in [1.807, 2.05) is 45.9 Å². The van der Waals surface area contributed by atoms with Gasteiger partial charge in [0.15, 0.2) is 0 Å². The molecule has 0 saturated heterocycles. The normalized spacial score (nSPS) is 12.3. The third-order valence-electron chi connectivity index (χ3n) is 6.23. The lowest BCUT2D eigenvalue weighted by atomic mass is 9.92. The van der Waals surface area contributed by atoms with Gasteiger partial charge in [-0.15, -0.1) is 0 Å². The minimum Gasteiger partial charge on any atom is -0.385 e. The van der Waals surface area contributed by atoms with E-state index in [4.69, 9.17) is 4.74 Å². The van der Waals surface area contributed by atoms with Crippen LogP contribution in [0.25, 0.3) is 5.69 Å². The van der Waals surface area contributed by atoms with E-state index in [2.05, 4.69) is 15.7 Å². The highest BCUT2D eigenvalue weighted by atomic mass is 19.4. The topological polar surface area (TPSA) is 88.5 Å². The number of nitrogens with zero attached hydrogens (tertiary/aromatic N) is 3. The van der Waals surface area contributed by atoms with Gasteiger partial charge in [0, 0.05) is 37.4 Å². The summed E-state index contributed by atoms with van der Waals surface area (Å²) in [5.41, 5.74) is -1.97. The van der Waals surface area contributed by atoms with Crippen LogP contribution in [0.3, 0.4) is 0 Å². The van der Waals surface area contributed by atoms with Gasteiger partial charge >= 0.3 is 18.4 Å². The number of amides is 3. The number of anilines is 2. The molecular weight excluding hydrogens is 580 g/mol. The first kappa shape index (κ1) is 33.4. The first-order valence-corrected chi connectivity index (χ1v) is 13.2. The van der Waals surface area contributed by atoms with Gasteiger partial charge in [0.2, 0.25) is 5.91 Å². The average Bonchev–Trinajstić information content (AvgIpc) is 3.31. The van der Waals surface area contributed by atoms with Gasteiger partial charge in [0.1, 0.15) is 12.4 Å². The summed E-state index contributed by atoms with van der Waals surface area (Å²) in [6, 6.07) is 8.77. The van der Waals surface area contributed by atoms with Crippen LogP contribution < -0.4 is 10.6 Å². The molecule has 0 saturated carbocycles. The third kappa shape index (κ3) is 9.21. The number of aromatic nitrogens is 2. The minimum atomic E-state index is -5.09. The number of alkyl halides is 6. The number of carbonyl (C=O) groups is 2. The van der Waals surface area contributed by atoms with E-state index in [9.17, 15) is 35.9 Å². The minimum absolute atomic E-state index is 0.0390. The number of aryl methyl sites for hydroxylation is 1. The molecule has 14 heteroatoms. The number of carbonyl (C=O) groups excluding carboxylic acids is 2. The fourth-order valence-corrected chi connectivity index (χ4v) is 4.03. The summed E-state index contributed by atoms with van der Waals surface area (Å²) in [5.74, 6) is -0.354. The van der Waals surface area contributed by atoms with Crippen molar-refractivity contribution in [1.82, 2.24) is 14.7 Å². The quantitative estimate of drug-likeness (QED) is 0.201. The molecule has 0 fully saturated rings. The van der Waals surface area contributed by atoms with Crippen molar-refractivity contribution in [1.29, 1.82) is 0 Å². The second-order valence-electron chi connectivity index (χ2n) is 11.0. The standard InChI is InChI=1S/C29H33F6N5O3/c1-18-8-6-9-22(12-18)40-24(16-23(38-40)27(2,3)4)37-25(41)17-39(10-7-11-43-5)26(42)36-21-14-19(28(30,31)32)13-20(15-21)29(33,34)35/h6,8-9,12-16H,7,10-11,17H2,1-5H3,(H,36,42)(H,37,41). The van der Waals surface area contributed by atoms with E-state index in [-0.39, 0.29) is 31.1 Å². The van der Waals surface area contributed by atoms with Crippen molar-refractivity contribution in [2.45, 2.75) is 51.9 Å². The molecule has 1 heterocycles. The van der Waals surface area contributed by atoms with E-state index in [1.54, 1.807) is 16.8 Å².